The van der Waals surface area contributed by atoms with E-state index in [4.69, 9.17) is 21.1 Å². The zero-order valence-electron chi connectivity index (χ0n) is 17.8. The molecule has 0 aliphatic carbocycles. The highest BCUT2D eigenvalue weighted by molar-refractivity contribution is 9.10. The van der Waals surface area contributed by atoms with Crippen LogP contribution in [-0.4, -0.2) is 25.3 Å². The normalized spacial score (nSPS) is 10.8. The van der Waals surface area contributed by atoms with Crippen molar-refractivity contribution in [3.05, 3.63) is 87.1 Å². The minimum absolute atomic E-state index is 0.00562. The highest BCUT2D eigenvalue weighted by Gasteiger charge is 2.12. The third-order valence-electron chi connectivity index (χ3n) is 4.33. The number of carbonyl (C=O) groups excluding carboxylic acids is 1. The number of hydrazone groups is 1. The molecule has 1 amide bonds. The van der Waals surface area contributed by atoms with Crippen LogP contribution in [0.5, 0.6) is 11.5 Å². The van der Waals surface area contributed by atoms with E-state index in [0.717, 1.165) is 5.56 Å². The maximum atomic E-state index is 12.9. The number of hydrogen-bond donors (Lipinski definition) is 2. The van der Waals surface area contributed by atoms with Crippen LogP contribution in [0.2, 0.25) is 5.02 Å². The van der Waals surface area contributed by atoms with Crippen LogP contribution in [0.15, 0.2) is 70.2 Å². The van der Waals surface area contributed by atoms with Crippen LogP contribution in [0.3, 0.4) is 0 Å². The predicted octanol–water partition coefficient (Wildman–Crippen LogP) is 5.78. The number of ether oxygens (including phenoxy) is 2. The maximum Gasteiger partial charge on any atom is 0.259 e. The molecule has 3 aromatic carbocycles. The summed E-state index contributed by atoms with van der Waals surface area (Å²) in [6, 6.07) is 16.7. The van der Waals surface area contributed by atoms with Crippen LogP contribution in [0.4, 0.5) is 10.1 Å². The second kappa shape index (κ2) is 12.2. The molecule has 6 nitrogen and oxygen atoms in total. The lowest BCUT2D eigenvalue weighted by Gasteiger charge is -2.14. The van der Waals surface area contributed by atoms with Gasteiger partial charge in [-0.05, 0) is 82.5 Å². The first-order valence-corrected chi connectivity index (χ1v) is 11.3. The molecule has 9 heteroatoms. The first-order chi connectivity index (χ1) is 15.9. The molecule has 0 bridgehead atoms. The zero-order chi connectivity index (χ0) is 23.6. The number of benzene rings is 3. The summed E-state index contributed by atoms with van der Waals surface area (Å²) in [6.07, 6.45) is 1.51. The monoisotopic (exact) mass is 533 g/mol. The van der Waals surface area contributed by atoms with Gasteiger partial charge >= 0.3 is 0 Å². The van der Waals surface area contributed by atoms with Crippen LogP contribution in [0, 0.1) is 5.82 Å². The first-order valence-electron chi connectivity index (χ1n) is 10.1. The Hall–Kier alpha value is -3.10. The SMILES string of the molecule is CCOc1cc(/C=N\NC(=O)CNc2ccc(F)cc2)cc(Br)c1OCc1ccc(Cl)cc1. The smallest absolute Gasteiger partial charge is 0.259 e. The Morgan fingerprint density at radius 3 is 2.55 bits per heavy atom. The largest absolute Gasteiger partial charge is 0.490 e. The molecule has 0 heterocycles. The Labute approximate surface area is 204 Å². The van der Waals surface area contributed by atoms with E-state index in [0.29, 0.717) is 45.5 Å². The molecule has 0 aliphatic heterocycles. The second-order valence-electron chi connectivity index (χ2n) is 6.83. The number of rotatable bonds is 10. The van der Waals surface area contributed by atoms with Gasteiger partial charge in [-0.15, -0.1) is 0 Å². The second-order valence-corrected chi connectivity index (χ2v) is 8.12. The highest BCUT2D eigenvalue weighted by atomic mass is 79.9. The number of anilines is 1. The van der Waals surface area contributed by atoms with Gasteiger partial charge in [-0.1, -0.05) is 23.7 Å². The topological polar surface area (TPSA) is 72.0 Å². The van der Waals surface area contributed by atoms with Gasteiger partial charge in [0.1, 0.15) is 12.4 Å². The molecule has 172 valence electrons. The Bertz CT molecular complexity index is 1110. The number of carbonyl (C=O) groups is 1. The summed E-state index contributed by atoms with van der Waals surface area (Å²) in [6.45, 7) is 2.68. The molecule has 0 radical (unpaired) electrons. The predicted molar refractivity (Wildman–Crippen MR) is 132 cm³/mol. The number of nitrogens with one attached hydrogen (secondary N) is 2. The van der Waals surface area contributed by atoms with E-state index in [9.17, 15) is 9.18 Å². The summed E-state index contributed by atoms with van der Waals surface area (Å²) in [5, 5.41) is 7.54. The number of hydrogen-bond acceptors (Lipinski definition) is 5. The number of nitrogens with zero attached hydrogens (tertiary/aromatic N) is 1. The van der Waals surface area contributed by atoms with Gasteiger partial charge in [0.15, 0.2) is 11.5 Å². The average Bonchev–Trinajstić information content (AvgIpc) is 2.79. The molecule has 3 aromatic rings. The van der Waals surface area contributed by atoms with Crippen molar-refractivity contribution in [3.63, 3.8) is 0 Å². The standard InChI is InChI=1S/C24H22BrClFN3O3/c1-2-32-22-12-17(11-21(25)24(22)33-15-16-3-5-18(26)6-4-16)13-29-30-23(31)14-28-20-9-7-19(27)8-10-20/h3-13,28H,2,14-15H2,1H3,(H,30,31)/b29-13-. The third-order valence-corrected chi connectivity index (χ3v) is 5.17. The van der Waals surface area contributed by atoms with Crippen molar-refractivity contribution in [3.8, 4) is 11.5 Å². The van der Waals surface area contributed by atoms with Gasteiger partial charge in [-0.3, -0.25) is 4.79 Å². The van der Waals surface area contributed by atoms with Gasteiger partial charge in [0, 0.05) is 10.7 Å². The minimum atomic E-state index is -0.345. The van der Waals surface area contributed by atoms with E-state index in [1.165, 1.54) is 18.3 Å². The Balaban J connectivity index is 1.60. The van der Waals surface area contributed by atoms with Crippen molar-refractivity contribution in [2.45, 2.75) is 13.5 Å². The van der Waals surface area contributed by atoms with E-state index in [-0.39, 0.29) is 18.3 Å². The van der Waals surface area contributed by atoms with Gasteiger partial charge in [0.05, 0.1) is 23.8 Å². The molecular weight excluding hydrogens is 513 g/mol. The summed E-state index contributed by atoms with van der Waals surface area (Å²) in [4.78, 5) is 12.0. The lowest BCUT2D eigenvalue weighted by atomic mass is 10.2. The fourth-order valence-electron chi connectivity index (χ4n) is 2.77. The molecule has 0 unspecified atom stereocenters. The molecule has 0 saturated heterocycles. The first kappa shape index (κ1) is 24.5. The van der Waals surface area contributed by atoms with E-state index in [1.807, 2.05) is 37.3 Å². The Morgan fingerprint density at radius 1 is 1.12 bits per heavy atom. The molecule has 0 spiro atoms. The van der Waals surface area contributed by atoms with Crippen molar-refractivity contribution in [1.29, 1.82) is 0 Å². The molecule has 33 heavy (non-hydrogen) atoms. The Kier molecular flexibility index (Phi) is 9.09. The van der Waals surface area contributed by atoms with Crippen molar-refractivity contribution in [2.75, 3.05) is 18.5 Å². The van der Waals surface area contributed by atoms with Crippen LogP contribution in [0.1, 0.15) is 18.1 Å². The van der Waals surface area contributed by atoms with E-state index >= 15 is 0 Å². The maximum absolute atomic E-state index is 12.9. The molecule has 0 saturated carbocycles. The summed E-state index contributed by atoms with van der Waals surface area (Å²) in [5.74, 6) is 0.430. The van der Waals surface area contributed by atoms with Crippen LogP contribution >= 0.6 is 27.5 Å². The van der Waals surface area contributed by atoms with Gasteiger partial charge in [0.25, 0.3) is 5.91 Å². The zero-order valence-corrected chi connectivity index (χ0v) is 20.1. The van der Waals surface area contributed by atoms with Gasteiger partial charge in [-0.25, -0.2) is 9.82 Å². The molecule has 0 aromatic heterocycles. The molecular formula is C24H22BrClFN3O3. The molecule has 2 N–H and O–H groups in total. The summed E-state index contributed by atoms with van der Waals surface area (Å²) >= 11 is 9.45. The molecule has 0 fully saturated rings. The van der Waals surface area contributed by atoms with Crippen molar-refractivity contribution < 1.29 is 18.7 Å². The minimum Gasteiger partial charge on any atom is -0.490 e. The summed E-state index contributed by atoms with van der Waals surface area (Å²) in [7, 11) is 0. The van der Waals surface area contributed by atoms with Crippen molar-refractivity contribution >= 4 is 45.3 Å². The fraction of sp³-hybridized carbons (Fsp3) is 0.167. The summed E-state index contributed by atoms with van der Waals surface area (Å²) in [5.41, 5.74) is 4.75. The number of halogens is 3. The third kappa shape index (κ3) is 7.76. The molecule has 3 rings (SSSR count). The van der Waals surface area contributed by atoms with Gasteiger partial charge < -0.3 is 14.8 Å². The van der Waals surface area contributed by atoms with Crippen molar-refractivity contribution in [1.82, 2.24) is 5.43 Å². The quantitative estimate of drug-likeness (QED) is 0.255. The lowest BCUT2D eigenvalue weighted by molar-refractivity contribution is -0.119. The van der Waals surface area contributed by atoms with Crippen molar-refractivity contribution in [2.24, 2.45) is 5.10 Å². The van der Waals surface area contributed by atoms with Crippen LogP contribution in [0.25, 0.3) is 0 Å². The summed E-state index contributed by atoms with van der Waals surface area (Å²) < 4.78 is 25.3. The Morgan fingerprint density at radius 2 is 1.85 bits per heavy atom. The van der Waals surface area contributed by atoms with Gasteiger partial charge in [0.2, 0.25) is 0 Å². The average molecular weight is 535 g/mol. The van der Waals surface area contributed by atoms with Gasteiger partial charge in [-0.2, -0.15) is 5.10 Å². The molecule has 0 atom stereocenters. The van der Waals surface area contributed by atoms with Crippen LogP contribution in [-0.2, 0) is 11.4 Å². The van der Waals surface area contributed by atoms with Crippen LogP contribution < -0.4 is 20.2 Å². The molecule has 0 aliphatic rings. The number of amides is 1. The lowest BCUT2D eigenvalue weighted by Crippen LogP contribution is -2.25. The van der Waals surface area contributed by atoms with E-state index in [2.05, 4.69) is 31.8 Å². The fourth-order valence-corrected chi connectivity index (χ4v) is 3.47. The van der Waals surface area contributed by atoms with E-state index < -0.39 is 0 Å². The highest BCUT2D eigenvalue weighted by Crippen LogP contribution is 2.37. The van der Waals surface area contributed by atoms with E-state index in [1.54, 1.807) is 18.2 Å².